The van der Waals surface area contributed by atoms with Crippen molar-refractivity contribution in [2.24, 2.45) is 11.7 Å². The second-order valence-corrected chi connectivity index (χ2v) is 5.73. The van der Waals surface area contributed by atoms with Crippen LogP contribution in [0.5, 0.6) is 0 Å². The third kappa shape index (κ3) is 6.37. The molecule has 1 amide bonds. The number of aliphatic hydroxyl groups is 1. The lowest BCUT2D eigenvalue weighted by Crippen LogP contribution is -2.48. The largest absolute Gasteiger partial charge is 0.478 e. The summed E-state index contributed by atoms with van der Waals surface area (Å²) in [5, 5.41) is 25.3. The molecule has 2 fully saturated rings. The average molecular weight is 328 g/mol. The Bertz CT molecular complexity index is 443. The maximum absolute atomic E-state index is 12.0. The maximum Gasteiger partial charge on any atom is 0.328 e. The van der Waals surface area contributed by atoms with Crippen LogP contribution in [0.3, 0.4) is 0 Å². The molecule has 5 N–H and O–H groups in total. The number of carboxylic acid groups (broad SMARTS) is 2. The van der Waals surface area contributed by atoms with Gasteiger partial charge in [-0.2, -0.15) is 0 Å². The molecule has 1 heterocycles. The highest BCUT2D eigenvalue weighted by Gasteiger charge is 2.36. The van der Waals surface area contributed by atoms with Gasteiger partial charge < -0.3 is 26.0 Å². The van der Waals surface area contributed by atoms with E-state index in [1.54, 1.807) is 0 Å². The number of amides is 1. The van der Waals surface area contributed by atoms with E-state index in [-0.39, 0.29) is 17.9 Å². The Morgan fingerprint density at radius 3 is 1.91 bits per heavy atom. The number of hydrogen-bond donors (Lipinski definition) is 4. The number of hydrogen-bond acceptors (Lipinski definition) is 5. The highest BCUT2D eigenvalue weighted by molar-refractivity contribution is 5.89. The van der Waals surface area contributed by atoms with E-state index in [9.17, 15) is 19.5 Å². The van der Waals surface area contributed by atoms with Gasteiger partial charge in [-0.15, -0.1) is 0 Å². The molecule has 8 nitrogen and oxygen atoms in total. The van der Waals surface area contributed by atoms with Crippen molar-refractivity contribution < 1.29 is 29.7 Å². The first-order valence-electron chi connectivity index (χ1n) is 7.69. The molecule has 1 saturated carbocycles. The van der Waals surface area contributed by atoms with Crippen LogP contribution in [0.1, 0.15) is 32.1 Å². The number of carbonyl (C=O) groups excluding carboxylic acids is 1. The van der Waals surface area contributed by atoms with Crippen LogP contribution in [0.4, 0.5) is 0 Å². The van der Waals surface area contributed by atoms with E-state index in [1.807, 2.05) is 4.90 Å². The van der Waals surface area contributed by atoms with Crippen molar-refractivity contribution >= 4 is 17.8 Å². The van der Waals surface area contributed by atoms with Crippen molar-refractivity contribution in [2.75, 3.05) is 13.1 Å². The van der Waals surface area contributed by atoms with Crippen LogP contribution in [0.15, 0.2) is 12.2 Å². The maximum atomic E-state index is 12.0. The molecular weight excluding hydrogens is 304 g/mol. The zero-order valence-corrected chi connectivity index (χ0v) is 12.9. The van der Waals surface area contributed by atoms with Crippen LogP contribution in [-0.2, 0) is 14.4 Å². The van der Waals surface area contributed by atoms with Crippen LogP contribution < -0.4 is 5.73 Å². The minimum atomic E-state index is -1.26. The van der Waals surface area contributed by atoms with Gasteiger partial charge in [0.2, 0.25) is 5.91 Å². The third-order valence-corrected chi connectivity index (χ3v) is 4.06. The van der Waals surface area contributed by atoms with Crippen LogP contribution in [0.2, 0.25) is 0 Å². The Morgan fingerprint density at radius 2 is 1.52 bits per heavy atom. The molecule has 2 rings (SSSR count). The molecular formula is C15H24N2O6. The van der Waals surface area contributed by atoms with Gasteiger partial charge in [-0.05, 0) is 25.7 Å². The molecule has 0 aromatic heterocycles. The Morgan fingerprint density at radius 1 is 1.00 bits per heavy atom. The zero-order valence-electron chi connectivity index (χ0n) is 12.9. The van der Waals surface area contributed by atoms with Crippen molar-refractivity contribution in [1.29, 1.82) is 0 Å². The van der Waals surface area contributed by atoms with Gasteiger partial charge in [0, 0.05) is 31.2 Å². The molecule has 8 heteroatoms. The molecule has 0 unspecified atom stereocenters. The van der Waals surface area contributed by atoms with Crippen molar-refractivity contribution in [3.8, 4) is 0 Å². The number of carbonyl (C=O) groups is 3. The topological polar surface area (TPSA) is 141 Å². The number of nitrogens with two attached hydrogens (primary N) is 1. The lowest BCUT2D eigenvalue weighted by molar-refractivity contribution is -0.134. The minimum Gasteiger partial charge on any atom is -0.478 e. The van der Waals surface area contributed by atoms with E-state index < -0.39 is 18.0 Å². The van der Waals surface area contributed by atoms with Gasteiger partial charge in [-0.1, -0.05) is 6.42 Å². The summed E-state index contributed by atoms with van der Waals surface area (Å²) >= 11 is 0. The summed E-state index contributed by atoms with van der Waals surface area (Å²) in [5.41, 5.74) is 5.94. The quantitative estimate of drug-likeness (QED) is 0.524. The normalized spacial score (nSPS) is 25.0. The van der Waals surface area contributed by atoms with Crippen molar-refractivity contribution in [1.82, 2.24) is 4.90 Å². The van der Waals surface area contributed by atoms with Gasteiger partial charge >= 0.3 is 11.9 Å². The molecule has 130 valence electrons. The summed E-state index contributed by atoms with van der Waals surface area (Å²) in [6.07, 6.45) is 5.61. The summed E-state index contributed by atoms with van der Waals surface area (Å²) in [6, 6.07) is -0.486. The Labute approximate surface area is 134 Å². The number of nitrogens with zero attached hydrogens (tertiary/aromatic N) is 1. The van der Waals surface area contributed by atoms with Gasteiger partial charge in [0.15, 0.2) is 0 Å². The predicted molar refractivity (Wildman–Crippen MR) is 81.5 cm³/mol. The van der Waals surface area contributed by atoms with E-state index in [1.165, 1.54) is 0 Å². The second kappa shape index (κ2) is 9.26. The molecule has 3 atom stereocenters. The second-order valence-electron chi connectivity index (χ2n) is 5.73. The number of carboxylic acids is 2. The third-order valence-electron chi connectivity index (χ3n) is 4.06. The van der Waals surface area contributed by atoms with Crippen molar-refractivity contribution in [3.05, 3.63) is 12.2 Å². The molecule has 0 radical (unpaired) electrons. The van der Waals surface area contributed by atoms with Gasteiger partial charge in [-0.25, -0.2) is 9.59 Å². The highest BCUT2D eigenvalue weighted by Crippen LogP contribution is 2.28. The molecule has 0 aromatic rings. The summed E-state index contributed by atoms with van der Waals surface area (Å²) in [4.78, 5) is 32.9. The summed E-state index contributed by atoms with van der Waals surface area (Å²) in [5.74, 6) is -2.49. The van der Waals surface area contributed by atoms with Crippen LogP contribution >= 0.6 is 0 Å². The molecule has 1 aliphatic carbocycles. The van der Waals surface area contributed by atoms with Gasteiger partial charge in [-0.3, -0.25) is 4.79 Å². The van der Waals surface area contributed by atoms with Gasteiger partial charge in [0.05, 0.1) is 12.1 Å². The van der Waals surface area contributed by atoms with E-state index in [0.29, 0.717) is 12.2 Å². The smallest absolute Gasteiger partial charge is 0.328 e. The number of likely N-dealkylation sites (tertiary alicyclic amines) is 1. The Kier molecular flexibility index (Phi) is 7.70. The molecule has 0 aromatic carbocycles. The van der Waals surface area contributed by atoms with E-state index in [2.05, 4.69) is 0 Å². The molecule has 1 saturated heterocycles. The lowest BCUT2D eigenvalue weighted by atomic mass is 9.96. The predicted octanol–water partition coefficient (Wildman–Crippen LogP) is -0.191. The standard InChI is InChI=1S/C11H20N2O2.C4H4O4/c12-10(8-4-3-5-9(8)14)11(15)13-6-1-2-7-13;5-3(6)1-2-4(7)8/h8-10,14H,1-7,12H2;1-2H,(H,5,6)(H,7,8)/b;2-1+/t8-,9+,10+;/m1./s1. The molecule has 2 aliphatic rings. The lowest BCUT2D eigenvalue weighted by Gasteiger charge is -2.26. The minimum absolute atomic E-state index is 0.0156. The monoisotopic (exact) mass is 328 g/mol. The van der Waals surface area contributed by atoms with Crippen molar-refractivity contribution in [2.45, 2.75) is 44.2 Å². The Balaban J connectivity index is 0.000000284. The van der Waals surface area contributed by atoms with E-state index in [0.717, 1.165) is 45.2 Å². The van der Waals surface area contributed by atoms with Crippen LogP contribution in [-0.4, -0.2) is 63.3 Å². The van der Waals surface area contributed by atoms with Crippen molar-refractivity contribution in [3.63, 3.8) is 0 Å². The first-order valence-corrected chi connectivity index (χ1v) is 7.69. The number of aliphatic hydroxyl groups excluding tert-OH is 1. The molecule has 23 heavy (non-hydrogen) atoms. The van der Waals surface area contributed by atoms with Crippen LogP contribution in [0.25, 0.3) is 0 Å². The molecule has 0 bridgehead atoms. The first-order chi connectivity index (χ1) is 10.8. The number of aliphatic carboxylic acids is 2. The first kappa shape index (κ1) is 19.1. The van der Waals surface area contributed by atoms with Crippen LogP contribution in [0, 0.1) is 5.92 Å². The fraction of sp³-hybridized carbons (Fsp3) is 0.667. The average Bonchev–Trinajstić information content (AvgIpc) is 3.15. The summed E-state index contributed by atoms with van der Waals surface area (Å²) in [7, 11) is 0. The SMILES string of the molecule is N[C@H](C(=O)N1CCCC1)[C@@H]1CCC[C@@H]1O.O=C(O)/C=C/C(=O)O. The molecule has 1 aliphatic heterocycles. The summed E-state index contributed by atoms with van der Waals surface area (Å²) in [6.45, 7) is 1.69. The fourth-order valence-electron chi connectivity index (χ4n) is 2.86. The number of rotatable bonds is 4. The van der Waals surface area contributed by atoms with Gasteiger partial charge in [0.1, 0.15) is 0 Å². The molecule has 0 spiro atoms. The highest BCUT2D eigenvalue weighted by atomic mass is 16.4. The van der Waals surface area contributed by atoms with E-state index >= 15 is 0 Å². The van der Waals surface area contributed by atoms with E-state index in [4.69, 9.17) is 15.9 Å². The summed E-state index contributed by atoms with van der Waals surface area (Å²) < 4.78 is 0. The Hall–Kier alpha value is -1.93. The fourth-order valence-corrected chi connectivity index (χ4v) is 2.86. The van der Waals surface area contributed by atoms with Gasteiger partial charge in [0.25, 0.3) is 0 Å². The zero-order chi connectivity index (χ0) is 17.4.